The Bertz CT molecular complexity index is 131. The van der Waals surface area contributed by atoms with E-state index in [1.54, 1.807) is 25.7 Å². The molecule has 0 aromatic heterocycles. The van der Waals surface area contributed by atoms with Crippen LogP contribution in [0.3, 0.4) is 0 Å². The average molecular weight is 141 g/mol. The molecular weight excluding hydrogens is 130 g/mol. The molecular formula is C6H11N3O. The van der Waals surface area contributed by atoms with Crippen LogP contribution in [0.4, 0.5) is 0 Å². The van der Waals surface area contributed by atoms with Gasteiger partial charge in [0.05, 0.1) is 6.34 Å². The highest BCUT2D eigenvalue weighted by Crippen LogP contribution is 1.61. The summed E-state index contributed by atoms with van der Waals surface area (Å²) in [6.07, 6.45) is 5.68. The number of aliphatic imine (C=N–C) groups is 1. The maximum Gasteiger partial charge on any atom is 0.207 e. The lowest BCUT2D eigenvalue weighted by atomic mass is 10.6. The molecule has 0 radical (unpaired) electrons. The number of rotatable bonds is 5. The number of carbonyl (C=O) groups excluding carboxylic acids is 1. The fourth-order valence-electron chi connectivity index (χ4n) is 0.361. The maximum atomic E-state index is 9.70. The largest absolute Gasteiger partial charge is 0.355 e. The standard InChI is InChI=1S/C6H11N3O/c1-7-5-8-3-2-4-9-6-10/h2-3,5-6H,4H2,1H3,(H,7,8)(H,9,10)/b3-2+. The van der Waals surface area contributed by atoms with Crippen LogP contribution in [0.1, 0.15) is 0 Å². The van der Waals surface area contributed by atoms with Crippen molar-refractivity contribution in [1.82, 2.24) is 10.6 Å². The van der Waals surface area contributed by atoms with Crippen LogP contribution < -0.4 is 10.6 Å². The maximum absolute atomic E-state index is 9.70. The van der Waals surface area contributed by atoms with Crippen LogP contribution in [0.25, 0.3) is 0 Å². The summed E-state index contributed by atoms with van der Waals surface area (Å²) in [5.74, 6) is 0. The van der Waals surface area contributed by atoms with Crippen LogP contribution in [0.2, 0.25) is 0 Å². The Morgan fingerprint density at radius 1 is 1.60 bits per heavy atom. The Morgan fingerprint density at radius 2 is 2.40 bits per heavy atom. The molecule has 2 N–H and O–H groups in total. The van der Waals surface area contributed by atoms with E-state index < -0.39 is 0 Å². The van der Waals surface area contributed by atoms with Crippen molar-refractivity contribution < 1.29 is 4.79 Å². The highest BCUT2D eigenvalue weighted by Gasteiger charge is 1.70. The number of carbonyl (C=O) groups is 1. The van der Waals surface area contributed by atoms with Gasteiger partial charge < -0.3 is 10.6 Å². The van der Waals surface area contributed by atoms with Gasteiger partial charge >= 0.3 is 0 Å². The first-order valence-corrected chi connectivity index (χ1v) is 2.90. The third kappa shape index (κ3) is 6.68. The van der Waals surface area contributed by atoms with Gasteiger partial charge in [0.25, 0.3) is 0 Å². The van der Waals surface area contributed by atoms with E-state index in [0.717, 1.165) is 0 Å². The Labute approximate surface area is 60.0 Å². The van der Waals surface area contributed by atoms with Gasteiger partial charge in [0.2, 0.25) is 6.41 Å². The fraction of sp³-hybridized carbons (Fsp3) is 0.333. The number of amides is 1. The van der Waals surface area contributed by atoms with Gasteiger partial charge in [-0.2, -0.15) is 0 Å². The topological polar surface area (TPSA) is 53.5 Å². The molecule has 56 valence electrons. The monoisotopic (exact) mass is 141 g/mol. The molecule has 0 spiro atoms. The van der Waals surface area contributed by atoms with E-state index in [-0.39, 0.29) is 0 Å². The summed E-state index contributed by atoms with van der Waals surface area (Å²) in [5.41, 5.74) is 0. The van der Waals surface area contributed by atoms with Gasteiger partial charge in [-0.05, 0) is 12.3 Å². The van der Waals surface area contributed by atoms with Gasteiger partial charge in [0.1, 0.15) is 0 Å². The summed E-state index contributed by atoms with van der Waals surface area (Å²) in [6, 6.07) is 0. The minimum absolute atomic E-state index is 0.536. The molecule has 0 aliphatic rings. The van der Waals surface area contributed by atoms with Crippen LogP contribution in [0.15, 0.2) is 17.3 Å². The fourth-order valence-corrected chi connectivity index (χ4v) is 0.361. The van der Waals surface area contributed by atoms with Crippen molar-refractivity contribution in [2.75, 3.05) is 13.6 Å². The SMILES string of the molecule is CN=CN/C=C/CNC=O. The van der Waals surface area contributed by atoms with Gasteiger partial charge in [-0.3, -0.25) is 9.79 Å². The second kappa shape index (κ2) is 7.68. The van der Waals surface area contributed by atoms with Crippen molar-refractivity contribution in [3.8, 4) is 0 Å². The van der Waals surface area contributed by atoms with Crippen molar-refractivity contribution in [3.05, 3.63) is 12.3 Å². The Morgan fingerprint density at radius 3 is 3.00 bits per heavy atom. The molecule has 0 aliphatic heterocycles. The Kier molecular flexibility index (Phi) is 6.67. The lowest BCUT2D eigenvalue weighted by Crippen LogP contribution is -2.10. The van der Waals surface area contributed by atoms with Crippen LogP contribution in [-0.2, 0) is 4.79 Å². The first kappa shape index (κ1) is 8.68. The molecule has 4 nitrogen and oxygen atoms in total. The minimum Gasteiger partial charge on any atom is -0.355 e. The van der Waals surface area contributed by atoms with E-state index in [2.05, 4.69) is 15.6 Å². The molecule has 0 fully saturated rings. The van der Waals surface area contributed by atoms with Gasteiger partial charge in [-0.1, -0.05) is 0 Å². The van der Waals surface area contributed by atoms with Gasteiger partial charge in [0.15, 0.2) is 0 Å². The zero-order valence-corrected chi connectivity index (χ0v) is 5.87. The molecule has 0 bridgehead atoms. The Hall–Kier alpha value is -1.32. The van der Waals surface area contributed by atoms with E-state index in [4.69, 9.17) is 0 Å². The van der Waals surface area contributed by atoms with E-state index >= 15 is 0 Å². The predicted octanol–water partition coefficient (Wildman–Crippen LogP) is -0.506. The summed E-state index contributed by atoms with van der Waals surface area (Å²) < 4.78 is 0. The second-order valence-electron chi connectivity index (χ2n) is 1.48. The lowest BCUT2D eigenvalue weighted by Gasteiger charge is -1.88. The zero-order valence-electron chi connectivity index (χ0n) is 5.87. The Balaban J connectivity index is 3.11. The van der Waals surface area contributed by atoms with Crippen LogP contribution >= 0.6 is 0 Å². The third-order valence-electron chi connectivity index (χ3n) is 0.737. The molecule has 10 heavy (non-hydrogen) atoms. The highest BCUT2D eigenvalue weighted by atomic mass is 16.1. The first-order valence-electron chi connectivity index (χ1n) is 2.90. The predicted molar refractivity (Wildman–Crippen MR) is 40.8 cm³/mol. The first-order chi connectivity index (χ1) is 4.91. The molecule has 0 heterocycles. The van der Waals surface area contributed by atoms with Gasteiger partial charge in [-0.25, -0.2) is 0 Å². The van der Waals surface area contributed by atoms with E-state index in [1.807, 2.05) is 0 Å². The molecule has 0 aromatic carbocycles. The quantitative estimate of drug-likeness (QED) is 0.234. The summed E-state index contributed by atoms with van der Waals surface area (Å²) in [5, 5.41) is 5.24. The molecule has 4 heteroatoms. The average Bonchev–Trinajstić information content (AvgIpc) is 1.97. The molecule has 0 aliphatic carbocycles. The molecule has 0 saturated heterocycles. The number of hydrogen-bond donors (Lipinski definition) is 2. The van der Waals surface area contributed by atoms with E-state index in [1.165, 1.54) is 0 Å². The van der Waals surface area contributed by atoms with E-state index in [0.29, 0.717) is 13.0 Å². The summed E-state index contributed by atoms with van der Waals surface area (Å²) in [7, 11) is 1.67. The number of hydrogen-bond acceptors (Lipinski definition) is 2. The lowest BCUT2D eigenvalue weighted by molar-refractivity contribution is -0.109. The summed E-state index contributed by atoms with van der Waals surface area (Å²) in [4.78, 5) is 13.4. The smallest absolute Gasteiger partial charge is 0.207 e. The molecule has 0 saturated carbocycles. The van der Waals surface area contributed by atoms with Gasteiger partial charge in [0, 0.05) is 13.6 Å². The normalized spacial score (nSPS) is 10.5. The molecule has 1 amide bonds. The zero-order chi connectivity index (χ0) is 7.66. The molecule has 0 unspecified atom stereocenters. The number of nitrogens with one attached hydrogen (secondary N) is 2. The molecule has 0 atom stereocenters. The van der Waals surface area contributed by atoms with Crippen LogP contribution in [0.5, 0.6) is 0 Å². The minimum atomic E-state index is 0.536. The second-order valence-corrected chi connectivity index (χ2v) is 1.48. The van der Waals surface area contributed by atoms with Crippen molar-refractivity contribution in [3.63, 3.8) is 0 Å². The van der Waals surface area contributed by atoms with Crippen LogP contribution in [0, 0.1) is 0 Å². The van der Waals surface area contributed by atoms with Crippen LogP contribution in [-0.4, -0.2) is 26.3 Å². The molecule has 0 rings (SSSR count). The van der Waals surface area contributed by atoms with Crippen molar-refractivity contribution in [2.24, 2.45) is 4.99 Å². The van der Waals surface area contributed by atoms with Gasteiger partial charge in [-0.15, -0.1) is 0 Å². The number of nitrogens with zero attached hydrogens (tertiary/aromatic N) is 1. The van der Waals surface area contributed by atoms with Crippen molar-refractivity contribution in [1.29, 1.82) is 0 Å². The molecule has 0 aromatic rings. The summed E-state index contributed by atoms with van der Waals surface area (Å²) >= 11 is 0. The van der Waals surface area contributed by atoms with E-state index in [9.17, 15) is 4.79 Å². The third-order valence-corrected chi connectivity index (χ3v) is 0.737. The summed E-state index contributed by atoms with van der Waals surface area (Å²) in [6.45, 7) is 0.536. The van der Waals surface area contributed by atoms with Crippen molar-refractivity contribution >= 4 is 12.7 Å². The van der Waals surface area contributed by atoms with Crippen molar-refractivity contribution in [2.45, 2.75) is 0 Å². The highest BCUT2D eigenvalue weighted by molar-refractivity contribution is 5.55.